The van der Waals surface area contributed by atoms with E-state index in [9.17, 15) is 4.79 Å². The molecular formula is C31H45BrNO6P. The largest absolute Gasteiger partial charge is 0.442 e. The fourth-order valence-corrected chi connectivity index (χ4v) is 8.97. The monoisotopic (exact) mass is 637 g/mol. The van der Waals surface area contributed by atoms with E-state index in [4.69, 9.17) is 18.2 Å². The zero-order chi connectivity index (χ0) is 29.0. The Balaban J connectivity index is 1.77. The Labute approximate surface area is 247 Å². The summed E-state index contributed by atoms with van der Waals surface area (Å²) in [7, 11) is -4.10. The van der Waals surface area contributed by atoms with Gasteiger partial charge in [-0.1, -0.05) is 60.5 Å². The molecule has 0 radical (unpaired) electrons. The van der Waals surface area contributed by atoms with E-state index in [1.54, 1.807) is 30.6 Å². The quantitative estimate of drug-likeness (QED) is 0.189. The number of esters is 1. The molecule has 0 N–H and O–H groups in total. The van der Waals surface area contributed by atoms with Crippen LogP contribution in [0.15, 0.2) is 45.7 Å². The van der Waals surface area contributed by atoms with Crippen LogP contribution < -0.4 is 0 Å². The highest BCUT2D eigenvalue weighted by Gasteiger charge is 2.49. The lowest BCUT2D eigenvalue weighted by Crippen LogP contribution is -2.37. The topological polar surface area (TPSA) is 87.9 Å². The minimum absolute atomic E-state index is 0.00464. The van der Waals surface area contributed by atoms with Crippen LogP contribution in [-0.2, 0) is 18.3 Å². The Morgan fingerprint density at radius 1 is 0.950 bits per heavy atom. The Kier molecular flexibility index (Phi) is 10.8. The van der Waals surface area contributed by atoms with Crippen molar-refractivity contribution >= 4 is 29.5 Å². The number of hydrogen-bond donors (Lipinski definition) is 0. The average Bonchev–Trinajstić information content (AvgIpc) is 3.33. The summed E-state index contributed by atoms with van der Waals surface area (Å²) < 4.78 is 40.8. The molecule has 2 heterocycles. The number of carbonyl (C=O) groups is 1. The van der Waals surface area contributed by atoms with E-state index in [1.165, 1.54) is 6.07 Å². The SMILES string of the molecule is CC(C)[C@H]1CC[C@@H](C)C[C@H]1OP(=O)(O[C@@H]1C[C@H](C)CC[C@H]1C(C)C)[C@@H](OC(=O)c1ccc(Br)o1)c1cccnc1. The van der Waals surface area contributed by atoms with Gasteiger partial charge < -0.3 is 18.2 Å². The minimum Gasteiger partial charge on any atom is -0.442 e. The van der Waals surface area contributed by atoms with Gasteiger partial charge in [0.1, 0.15) is 0 Å². The maximum Gasteiger partial charge on any atom is 0.376 e. The number of aromatic nitrogens is 1. The molecule has 0 spiro atoms. The normalized spacial score (nSPS) is 29.7. The van der Waals surface area contributed by atoms with Crippen LogP contribution in [-0.4, -0.2) is 23.2 Å². The molecule has 0 aliphatic heterocycles. The molecule has 222 valence electrons. The molecule has 0 saturated heterocycles. The van der Waals surface area contributed by atoms with Crippen LogP contribution in [0.2, 0.25) is 0 Å². The van der Waals surface area contributed by atoms with Gasteiger partial charge in [-0.25, -0.2) is 4.79 Å². The van der Waals surface area contributed by atoms with Crippen molar-refractivity contribution in [3.8, 4) is 0 Å². The lowest BCUT2D eigenvalue weighted by atomic mass is 9.75. The predicted octanol–water partition coefficient (Wildman–Crippen LogP) is 9.44. The zero-order valence-electron chi connectivity index (χ0n) is 24.6. The van der Waals surface area contributed by atoms with Gasteiger partial charge in [0, 0.05) is 18.0 Å². The molecule has 1 unspecified atom stereocenters. The van der Waals surface area contributed by atoms with Gasteiger partial charge in [-0.15, -0.1) is 0 Å². The van der Waals surface area contributed by atoms with Crippen molar-refractivity contribution in [2.75, 3.05) is 0 Å². The molecule has 9 heteroatoms. The summed E-state index contributed by atoms with van der Waals surface area (Å²) in [5.41, 5.74) is 0.472. The molecule has 2 aromatic rings. The highest BCUT2D eigenvalue weighted by molar-refractivity contribution is 9.10. The molecule has 2 aromatic heterocycles. The average molecular weight is 639 g/mol. The standard InChI is InChI=1S/C31H45BrNO6P/c1-19(2)24-11-9-21(5)16-27(24)38-40(35,39-28-17-22(6)10-12-25(28)20(3)4)31(23-8-7-15-33-18-23)37-30(34)26-13-14-29(32)36-26/h7-8,13-15,18-22,24-25,27-28,31H,9-12,16-17H2,1-6H3/t21-,22-,24-,25+,27-,28-,31-,40?/m1/s1. The first kappa shape index (κ1) is 31.5. The van der Waals surface area contributed by atoms with Crippen LogP contribution in [0.3, 0.4) is 0 Å². The number of halogens is 1. The number of ether oxygens (including phenoxy) is 1. The maximum atomic E-state index is 15.4. The van der Waals surface area contributed by atoms with Crippen LogP contribution in [0.1, 0.15) is 102 Å². The van der Waals surface area contributed by atoms with E-state index in [0.717, 1.165) is 38.5 Å². The first-order valence-corrected chi connectivity index (χ1v) is 17.2. The number of carbonyl (C=O) groups excluding carboxylic acids is 1. The molecule has 2 aliphatic rings. The van der Waals surface area contributed by atoms with Crippen LogP contribution in [0.25, 0.3) is 0 Å². The van der Waals surface area contributed by atoms with Gasteiger partial charge in [-0.05, 0) is 95.3 Å². The predicted molar refractivity (Wildman–Crippen MR) is 159 cm³/mol. The van der Waals surface area contributed by atoms with E-state index >= 15 is 4.57 Å². The summed E-state index contributed by atoms with van der Waals surface area (Å²) in [4.78, 5) is 17.6. The van der Waals surface area contributed by atoms with Gasteiger partial charge in [0.2, 0.25) is 11.6 Å². The van der Waals surface area contributed by atoms with Gasteiger partial charge >= 0.3 is 13.6 Å². The second-order valence-corrected chi connectivity index (χ2v) is 15.4. The Morgan fingerprint density at radius 2 is 1.52 bits per heavy atom. The first-order chi connectivity index (χ1) is 19.0. The summed E-state index contributed by atoms with van der Waals surface area (Å²) in [5.74, 6) is 0.0151. The Bertz CT molecular complexity index is 1120. The summed E-state index contributed by atoms with van der Waals surface area (Å²) in [5, 5.41) is 0. The van der Waals surface area contributed by atoms with E-state index in [-0.39, 0.29) is 29.8 Å². The molecule has 0 amide bonds. The highest BCUT2D eigenvalue weighted by Crippen LogP contribution is 2.66. The molecule has 4 rings (SSSR count). The molecule has 2 aliphatic carbocycles. The van der Waals surface area contributed by atoms with E-state index < -0.39 is 19.4 Å². The molecule has 2 fully saturated rings. The third-order valence-corrected chi connectivity index (χ3v) is 11.3. The second kappa shape index (κ2) is 13.7. The summed E-state index contributed by atoms with van der Waals surface area (Å²) in [6.45, 7) is 13.2. The smallest absolute Gasteiger partial charge is 0.376 e. The number of pyridine rings is 1. The molecule has 0 bridgehead atoms. The lowest BCUT2D eigenvalue weighted by molar-refractivity contribution is -0.0213. The second-order valence-electron chi connectivity index (χ2n) is 12.6. The lowest BCUT2D eigenvalue weighted by Gasteiger charge is -2.43. The number of hydrogen-bond acceptors (Lipinski definition) is 7. The van der Waals surface area contributed by atoms with Gasteiger partial charge in [0.15, 0.2) is 4.67 Å². The third kappa shape index (κ3) is 7.67. The molecule has 40 heavy (non-hydrogen) atoms. The van der Waals surface area contributed by atoms with Crippen molar-refractivity contribution in [2.45, 2.75) is 98.1 Å². The van der Waals surface area contributed by atoms with Gasteiger partial charge in [0.05, 0.1) is 12.2 Å². The van der Waals surface area contributed by atoms with Crippen molar-refractivity contribution in [3.05, 3.63) is 52.7 Å². The third-order valence-electron chi connectivity index (χ3n) is 8.74. The first-order valence-electron chi connectivity index (χ1n) is 14.8. The van der Waals surface area contributed by atoms with E-state index in [2.05, 4.69) is 62.5 Å². The fraction of sp³-hybridized carbons (Fsp3) is 0.677. The van der Waals surface area contributed by atoms with Crippen molar-refractivity contribution in [2.24, 2.45) is 35.5 Å². The maximum absolute atomic E-state index is 15.4. The van der Waals surface area contributed by atoms with Crippen molar-refractivity contribution < 1.29 is 27.6 Å². The van der Waals surface area contributed by atoms with Gasteiger partial charge in [0.25, 0.3) is 0 Å². The summed E-state index contributed by atoms with van der Waals surface area (Å²) in [6, 6.07) is 6.64. The molecule has 2 saturated carbocycles. The Hall–Kier alpha value is -1.47. The number of nitrogens with zero attached hydrogens (tertiary/aromatic N) is 1. The number of rotatable bonds is 10. The van der Waals surface area contributed by atoms with Gasteiger partial charge in [-0.3, -0.25) is 9.55 Å². The van der Waals surface area contributed by atoms with E-state index in [0.29, 0.717) is 33.9 Å². The minimum atomic E-state index is -4.10. The van der Waals surface area contributed by atoms with Crippen molar-refractivity contribution in [1.82, 2.24) is 4.98 Å². The van der Waals surface area contributed by atoms with Crippen molar-refractivity contribution in [1.29, 1.82) is 0 Å². The highest BCUT2D eigenvalue weighted by atomic mass is 79.9. The van der Waals surface area contributed by atoms with Crippen molar-refractivity contribution in [3.63, 3.8) is 0 Å². The fourth-order valence-electron chi connectivity index (χ4n) is 6.41. The zero-order valence-corrected chi connectivity index (χ0v) is 27.1. The number of furan rings is 1. The molecular weight excluding hydrogens is 593 g/mol. The molecule has 8 atom stereocenters. The van der Waals surface area contributed by atoms with Crippen LogP contribution in [0.4, 0.5) is 0 Å². The molecule has 0 aromatic carbocycles. The van der Waals surface area contributed by atoms with Crippen LogP contribution >= 0.6 is 23.5 Å². The van der Waals surface area contributed by atoms with E-state index in [1.807, 2.05) is 0 Å². The van der Waals surface area contributed by atoms with Crippen LogP contribution in [0, 0.1) is 35.5 Å². The van der Waals surface area contributed by atoms with Crippen LogP contribution in [0.5, 0.6) is 0 Å². The summed E-state index contributed by atoms with van der Waals surface area (Å²) in [6.07, 6.45) is 8.43. The van der Waals surface area contributed by atoms with Gasteiger partial charge in [-0.2, -0.15) is 0 Å². The Morgan fingerprint density at radius 3 is 1.98 bits per heavy atom. The summed E-state index contributed by atoms with van der Waals surface area (Å²) >= 11 is 3.25. The molecule has 7 nitrogen and oxygen atoms in total.